The maximum absolute atomic E-state index is 11.1. The summed E-state index contributed by atoms with van der Waals surface area (Å²) in [7, 11) is 1.70. The molecule has 0 saturated heterocycles. The number of nitrogens with zero attached hydrogens (tertiary/aromatic N) is 2. The predicted octanol–water partition coefficient (Wildman–Crippen LogP) is 0.860. The largest absolute Gasteiger partial charge is 0.272 e. The van der Waals surface area contributed by atoms with Crippen LogP contribution in [0.25, 0.3) is 0 Å². The molecule has 0 aromatic heterocycles. The number of amides is 1. The Morgan fingerprint density at radius 2 is 2.30 bits per heavy atom. The Labute approximate surface area is 60.7 Å². The Kier molecular flexibility index (Phi) is 1.74. The van der Waals surface area contributed by atoms with Crippen LogP contribution in [0.5, 0.6) is 0 Å². The van der Waals surface area contributed by atoms with Gasteiger partial charge in [-0.1, -0.05) is 6.92 Å². The highest BCUT2D eigenvalue weighted by Gasteiger charge is 2.27. The van der Waals surface area contributed by atoms with Gasteiger partial charge < -0.3 is 0 Å². The molecule has 3 heteroatoms. The third-order valence-corrected chi connectivity index (χ3v) is 1.83. The lowest BCUT2D eigenvalue weighted by Crippen LogP contribution is -2.21. The average molecular weight is 140 g/mol. The zero-order chi connectivity index (χ0) is 7.72. The Hall–Kier alpha value is -0.860. The van der Waals surface area contributed by atoms with Crippen LogP contribution in [-0.2, 0) is 4.79 Å². The molecule has 1 amide bonds. The van der Waals surface area contributed by atoms with Crippen LogP contribution in [0.2, 0.25) is 0 Å². The average Bonchev–Trinajstić information content (AvgIpc) is 2.17. The second-order valence-electron chi connectivity index (χ2n) is 2.53. The van der Waals surface area contributed by atoms with Gasteiger partial charge in [-0.05, 0) is 13.3 Å². The fourth-order valence-corrected chi connectivity index (χ4v) is 1.13. The normalized spacial score (nSPS) is 25.5. The van der Waals surface area contributed by atoms with Gasteiger partial charge in [-0.25, -0.2) is 5.01 Å². The molecule has 0 aromatic carbocycles. The van der Waals surface area contributed by atoms with E-state index in [1.165, 1.54) is 5.01 Å². The van der Waals surface area contributed by atoms with Crippen LogP contribution in [-0.4, -0.2) is 23.7 Å². The zero-order valence-electron chi connectivity index (χ0n) is 6.59. The molecule has 3 nitrogen and oxygen atoms in total. The number of carbonyl (C=O) groups excluding carboxylic acids is 1. The zero-order valence-corrected chi connectivity index (χ0v) is 6.59. The van der Waals surface area contributed by atoms with Gasteiger partial charge in [0.1, 0.15) is 0 Å². The fraction of sp³-hybridized carbons (Fsp3) is 0.714. The van der Waals surface area contributed by atoms with E-state index in [0.29, 0.717) is 0 Å². The summed E-state index contributed by atoms with van der Waals surface area (Å²) in [6.45, 7) is 3.91. The Morgan fingerprint density at radius 3 is 2.50 bits per heavy atom. The summed E-state index contributed by atoms with van der Waals surface area (Å²) in [6.07, 6.45) is 0.872. The first-order chi connectivity index (χ1) is 4.66. The van der Waals surface area contributed by atoms with Crippen molar-refractivity contribution in [3.8, 4) is 0 Å². The van der Waals surface area contributed by atoms with E-state index in [1.807, 2.05) is 13.8 Å². The Bertz CT molecular complexity index is 186. The lowest BCUT2D eigenvalue weighted by atomic mass is 10.0. The van der Waals surface area contributed by atoms with Gasteiger partial charge in [-0.2, -0.15) is 5.10 Å². The van der Waals surface area contributed by atoms with Crippen molar-refractivity contribution in [2.75, 3.05) is 7.05 Å². The van der Waals surface area contributed by atoms with Gasteiger partial charge in [-0.15, -0.1) is 0 Å². The molecule has 0 spiro atoms. The summed E-state index contributed by atoms with van der Waals surface area (Å²) >= 11 is 0. The van der Waals surface area contributed by atoms with Gasteiger partial charge >= 0.3 is 0 Å². The van der Waals surface area contributed by atoms with E-state index in [9.17, 15) is 4.79 Å². The molecule has 1 aliphatic rings. The monoisotopic (exact) mass is 140 g/mol. The van der Waals surface area contributed by atoms with E-state index >= 15 is 0 Å². The van der Waals surface area contributed by atoms with Crippen LogP contribution in [0.15, 0.2) is 5.10 Å². The number of hydrogen-bond acceptors (Lipinski definition) is 2. The maximum Gasteiger partial charge on any atom is 0.250 e. The molecule has 0 saturated carbocycles. The molecule has 56 valence electrons. The van der Waals surface area contributed by atoms with Crippen LogP contribution < -0.4 is 0 Å². The minimum absolute atomic E-state index is 0.00926. The Morgan fingerprint density at radius 1 is 1.70 bits per heavy atom. The Balaban J connectivity index is 2.78. The summed E-state index contributed by atoms with van der Waals surface area (Å²) in [5, 5.41) is 5.49. The molecule has 0 fully saturated rings. The first-order valence-electron chi connectivity index (χ1n) is 3.51. The van der Waals surface area contributed by atoms with Crippen molar-refractivity contribution in [1.82, 2.24) is 5.01 Å². The molecule has 0 N–H and O–H groups in total. The second-order valence-corrected chi connectivity index (χ2v) is 2.53. The van der Waals surface area contributed by atoms with Gasteiger partial charge in [0.25, 0.3) is 5.91 Å². The van der Waals surface area contributed by atoms with Crippen molar-refractivity contribution in [1.29, 1.82) is 0 Å². The predicted molar refractivity (Wildman–Crippen MR) is 39.7 cm³/mol. The highest BCUT2D eigenvalue weighted by molar-refractivity contribution is 6.07. The van der Waals surface area contributed by atoms with E-state index < -0.39 is 0 Å². The lowest BCUT2D eigenvalue weighted by molar-refractivity contribution is -0.130. The van der Waals surface area contributed by atoms with E-state index in [1.54, 1.807) is 7.05 Å². The van der Waals surface area contributed by atoms with Gasteiger partial charge in [0, 0.05) is 7.05 Å². The molecule has 0 bridgehead atoms. The summed E-state index contributed by atoms with van der Waals surface area (Å²) in [4.78, 5) is 11.1. The molecule has 1 rings (SSSR count). The summed E-state index contributed by atoms with van der Waals surface area (Å²) in [5.74, 6) is 0.117. The van der Waals surface area contributed by atoms with Crippen LogP contribution in [0, 0.1) is 5.92 Å². The van der Waals surface area contributed by atoms with Crippen molar-refractivity contribution in [3.63, 3.8) is 0 Å². The first kappa shape index (κ1) is 7.25. The van der Waals surface area contributed by atoms with Crippen molar-refractivity contribution in [3.05, 3.63) is 0 Å². The molecule has 1 atom stereocenters. The van der Waals surface area contributed by atoms with Gasteiger partial charge in [0.15, 0.2) is 0 Å². The van der Waals surface area contributed by atoms with Crippen molar-refractivity contribution in [2.45, 2.75) is 20.3 Å². The SMILES string of the molecule is CCC1=NN(C)C(=O)C1C. The highest BCUT2D eigenvalue weighted by atomic mass is 16.2. The molecule has 1 aliphatic heterocycles. The fourth-order valence-electron chi connectivity index (χ4n) is 1.13. The number of rotatable bonds is 1. The minimum atomic E-state index is 0.00926. The third kappa shape index (κ3) is 0.916. The van der Waals surface area contributed by atoms with Crippen LogP contribution in [0.4, 0.5) is 0 Å². The summed E-state index contributed by atoms with van der Waals surface area (Å²) in [5.41, 5.74) is 0.993. The molecular formula is C7H12N2O. The number of hydrazone groups is 1. The van der Waals surface area contributed by atoms with E-state index in [0.717, 1.165) is 12.1 Å². The smallest absolute Gasteiger partial charge is 0.250 e. The quantitative estimate of drug-likeness (QED) is 0.531. The molecular weight excluding hydrogens is 128 g/mol. The van der Waals surface area contributed by atoms with Crippen molar-refractivity contribution < 1.29 is 4.79 Å². The van der Waals surface area contributed by atoms with Crippen LogP contribution in [0.3, 0.4) is 0 Å². The minimum Gasteiger partial charge on any atom is -0.272 e. The molecule has 1 heterocycles. The highest BCUT2D eigenvalue weighted by Crippen LogP contribution is 2.14. The topological polar surface area (TPSA) is 32.7 Å². The third-order valence-electron chi connectivity index (χ3n) is 1.83. The standard InChI is InChI=1S/C7H12N2O/c1-4-6-5(2)7(10)9(3)8-6/h5H,4H2,1-3H3. The van der Waals surface area contributed by atoms with Gasteiger partial charge in [-0.3, -0.25) is 4.79 Å². The first-order valence-corrected chi connectivity index (χ1v) is 3.51. The molecule has 1 unspecified atom stereocenters. The van der Waals surface area contributed by atoms with E-state index in [2.05, 4.69) is 5.10 Å². The van der Waals surface area contributed by atoms with Crippen molar-refractivity contribution >= 4 is 11.6 Å². The second kappa shape index (κ2) is 2.40. The van der Waals surface area contributed by atoms with Crippen LogP contribution in [0.1, 0.15) is 20.3 Å². The molecule has 10 heavy (non-hydrogen) atoms. The molecule has 0 radical (unpaired) electrons. The van der Waals surface area contributed by atoms with E-state index in [-0.39, 0.29) is 11.8 Å². The van der Waals surface area contributed by atoms with E-state index in [4.69, 9.17) is 0 Å². The number of hydrogen-bond donors (Lipinski definition) is 0. The summed E-state index contributed by atoms with van der Waals surface area (Å²) < 4.78 is 0. The maximum atomic E-state index is 11.1. The molecule has 0 aromatic rings. The summed E-state index contributed by atoms with van der Waals surface area (Å²) in [6, 6.07) is 0. The van der Waals surface area contributed by atoms with Gasteiger partial charge in [0.2, 0.25) is 0 Å². The van der Waals surface area contributed by atoms with Crippen LogP contribution >= 0.6 is 0 Å². The van der Waals surface area contributed by atoms with Crippen molar-refractivity contribution in [2.24, 2.45) is 11.0 Å². The lowest BCUT2D eigenvalue weighted by Gasteiger charge is -2.02. The number of carbonyl (C=O) groups is 1. The van der Waals surface area contributed by atoms with Gasteiger partial charge in [0.05, 0.1) is 11.6 Å². The molecule has 0 aliphatic carbocycles.